The molecule has 0 bridgehead atoms. The first-order valence-electron chi connectivity index (χ1n) is 12.6. The lowest BCUT2D eigenvalue weighted by Gasteiger charge is -2.60. The fraction of sp³-hybridized carbons (Fsp3) is 0.615. The number of fused-ring (bicyclic) bond motifs is 1. The maximum Gasteiger partial charge on any atom is 0.262 e. The van der Waals surface area contributed by atoms with E-state index in [-0.39, 0.29) is 29.9 Å². The quantitative estimate of drug-likeness (QED) is 0.422. The maximum atomic E-state index is 12.9. The molecule has 1 saturated carbocycles. The van der Waals surface area contributed by atoms with Crippen LogP contribution < -0.4 is 10.1 Å². The molecule has 3 aliphatic heterocycles. The van der Waals surface area contributed by atoms with Crippen LogP contribution in [0.4, 0.5) is 0 Å². The van der Waals surface area contributed by atoms with E-state index in [0.717, 1.165) is 36.7 Å². The fourth-order valence-electron chi connectivity index (χ4n) is 5.97. The second-order valence-corrected chi connectivity index (χ2v) is 10.8. The van der Waals surface area contributed by atoms with Gasteiger partial charge < -0.3 is 14.5 Å². The zero-order chi connectivity index (χ0) is 24.7. The molecule has 3 fully saturated rings. The Labute approximate surface area is 205 Å². The average molecular weight is 483 g/mol. The average Bonchev–Trinajstić information content (AvgIpc) is 3.00. The molecule has 3 heterocycles. The lowest BCUT2D eigenvalue weighted by atomic mass is 9.60. The van der Waals surface area contributed by atoms with E-state index in [1.165, 1.54) is 25.9 Å². The van der Waals surface area contributed by atoms with Gasteiger partial charge in [-0.25, -0.2) is 0 Å². The highest BCUT2D eigenvalue weighted by Gasteiger charge is 2.52. The van der Waals surface area contributed by atoms with Gasteiger partial charge in [0.1, 0.15) is 11.8 Å². The van der Waals surface area contributed by atoms with Crippen molar-refractivity contribution in [3.8, 4) is 5.75 Å². The predicted molar refractivity (Wildman–Crippen MR) is 128 cm³/mol. The summed E-state index contributed by atoms with van der Waals surface area (Å²) in [6, 6.07) is 4.67. The Kier molecular flexibility index (Phi) is 6.40. The van der Waals surface area contributed by atoms with Crippen LogP contribution in [-0.4, -0.2) is 90.7 Å². The molecule has 1 aromatic rings. The van der Waals surface area contributed by atoms with Gasteiger partial charge in [0, 0.05) is 25.6 Å². The molecule has 1 spiro atoms. The second kappa shape index (κ2) is 9.35. The van der Waals surface area contributed by atoms with Crippen LogP contribution in [0, 0.1) is 5.41 Å². The van der Waals surface area contributed by atoms with Crippen LogP contribution >= 0.6 is 0 Å². The van der Waals surface area contributed by atoms with E-state index < -0.39 is 23.8 Å². The van der Waals surface area contributed by atoms with E-state index in [2.05, 4.69) is 29.2 Å². The van der Waals surface area contributed by atoms with E-state index in [1.807, 2.05) is 0 Å². The number of carbonyl (C=O) groups is 4. The molecule has 4 aliphatic rings. The maximum absolute atomic E-state index is 12.9. The molecular weight excluding hydrogens is 448 g/mol. The molecule has 9 nitrogen and oxygen atoms in total. The Balaban J connectivity index is 1.03. The minimum absolute atomic E-state index is 0.105. The molecule has 1 aromatic carbocycles. The normalized spacial score (nSPS) is 24.0. The van der Waals surface area contributed by atoms with Crippen molar-refractivity contribution in [3.63, 3.8) is 0 Å². The molecule has 1 unspecified atom stereocenters. The van der Waals surface area contributed by atoms with Crippen molar-refractivity contribution in [2.24, 2.45) is 5.41 Å². The minimum atomic E-state index is -0.954. The molecule has 1 atom stereocenters. The predicted octanol–water partition coefficient (Wildman–Crippen LogP) is 1.66. The minimum Gasteiger partial charge on any atom is -0.494 e. The summed E-state index contributed by atoms with van der Waals surface area (Å²) in [6.45, 7) is 4.17. The molecule has 188 valence electrons. The van der Waals surface area contributed by atoms with Crippen LogP contribution in [0.2, 0.25) is 0 Å². The van der Waals surface area contributed by atoms with Crippen LogP contribution in [0.1, 0.15) is 65.7 Å². The Morgan fingerprint density at radius 1 is 1.03 bits per heavy atom. The summed E-state index contributed by atoms with van der Waals surface area (Å²) < 4.78 is 5.85. The Morgan fingerprint density at radius 3 is 2.49 bits per heavy atom. The number of hydrogen-bond donors (Lipinski definition) is 1. The van der Waals surface area contributed by atoms with Crippen molar-refractivity contribution in [1.82, 2.24) is 20.0 Å². The second-order valence-electron chi connectivity index (χ2n) is 10.8. The van der Waals surface area contributed by atoms with Gasteiger partial charge in [-0.2, -0.15) is 0 Å². The van der Waals surface area contributed by atoms with Crippen molar-refractivity contribution < 1.29 is 23.9 Å². The zero-order valence-electron chi connectivity index (χ0n) is 20.5. The number of nitrogens with zero attached hydrogens (tertiary/aromatic N) is 3. The van der Waals surface area contributed by atoms with Gasteiger partial charge in [0.2, 0.25) is 11.8 Å². The summed E-state index contributed by atoms with van der Waals surface area (Å²) in [5.41, 5.74) is 1.11. The lowest BCUT2D eigenvalue weighted by Crippen LogP contribution is -2.65. The van der Waals surface area contributed by atoms with Gasteiger partial charge in [-0.1, -0.05) is 0 Å². The number of nitrogens with one attached hydrogen (secondary N) is 1. The van der Waals surface area contributed by atoms with Crippen LogP contribution in [0.5, 0.6) is 5.75 Å². The molecule has 9 heteroatoms. The van der Waals surface area contributed by atoms with Crippen molar-refractivity contribution in [3.05, 3.63) is 29.3 Å². The van der Waals surface area contributed by atoms with E-state index in [4.69, 9.17) is 4.74 Å². The molecule has 0 aromatic heterocycles. The smallest absolute Gasteiger partial charge is 0.262 e. The molecule has 1 N–H and O–H groups in total. The molecule has 4 amide bonds. The van der Waals surface area contributed by atoms with E-state index in [0.29, 0.717) is 17.8 Å². The number of benzene rings is 1. The number of piperidine rings is 1. The highest BCUT2D eigenvalue weighted by Crippen LogP contribution is 2.49. The SMILES string of the molecule is CN(C)C1CC2(C1)CN(CCCCCOc1ccc3c(c1)C(=O)N(C1CCC(=O)NC1=O)C3=O)C2. The Hall–Kier alpha value is -2.78. The van der Waals surface area contributed by atoms with Gasteiger partial charge in [-0.3, -0.25) is 29.4 Å². The van der Waals surface area contributed by atoms with Crippen molar-refractivity contribution in [2.45, 2.75) is 57.0 Å². The number of hydrogen-bond acceptors (Lipinski definition) is 7. The number of likely N-dealkylation sites (tertiary alicyclic amines) is 1. The van der Waals surface area contributed by atoms with Crippen molar-refractivity contribution in [2.75, 3.05) is 40.3 Å². The molecular formula is C26H34N4O5. The van der Waals surface area contributed by atoms with Crippen molar-refractivity contribution >= 4 is 23.6 Å². The van der Waals surface area contributed by atoms with Gasteiger partial charge in [0.05, 0.1) is 17.7 Å². The molecule has 2 saturated heterocycles. The third kappa shape index (κ3) is 4.59. The largest absolute Gasteiger partial charge is 0.494 e. The van der Waals surface area contributed by atoms with Gasteiger partial charge in [0.15, 0.2) is 0 Å². The summed E-state index contributed by atoms with van der Waals surface area (Å²) in [4.78, 5) is 55.1. The topological polar surface area (TPSA) is 99.3 Å². The van der Waals surface area contributed by atoms with Crippen LogP contribution in [-0.2, 0) is 9.59 Å². The Morgan fingerprint density at radius 2 is 1.77 bits per heavy atom. The summed E-state index contributed by atoms with van der Waals surface area (Å²) in [6.07, 6.45) is 6.08. The van der Waals surface area contributed by atoms with Crippen LogP contribution in [0.15, 0.2) is 18.2 Å². The monoisotopic (exact) mass is 482 g/mol. The third-order valence-corrected chi connectivity index (χ3v) is 7.98. The highest BCUT2D eigenvalue weighted by atomic mass is 16.5. The Bertz CT molecular complexity index is 1040. The zero-order valence-corrected chi connectivity index (χ0v) is 20.5. The summed E-state index contributed by atoms with van der Waals surface area (Å²) in [5, 5.41) is 2.21. The first-order chi connectivity index (χ1) is 16.8. The van der Waals surface area contributed by atoms with Gasteiger partial charge in [-0.15, -0.1) is 0 Å². The number of rotatable bonds is 9. The first-order valence-corrected chi connectivity index (χ1v) is 12.6. The van der Waals surface area contributed by atoms with Crippen LogP contribution in [0.3, 0.4) is 0 Å². The molecule has 5 rings (SSSR count). The number of imide groups is 2. The number of carbonyl (C=O) groups excluding carboxylic acids is 4. The molecule has 1 aliphatic carbocycles. The van der Waals surface area contributed by atoms with Crippen molar-refractivity contribution in [1.29, 1.82) is 0 Å². The fourth-order valence-corrected chi connectivity index (χ4v) is 5.97. The lowest BCUT2D eigenvalue weighted by molar-refractivity contribution is -0.136. The summed E-state index contributed by atoms with van der Waals surface area (Å²) in [7, 11) is 4.35. The highest BCUT2D eigenvalue weighted by molar-refractivity contribution is 6.23. The number of unbranched alkanes of at least 4 members (excludes halogenated alkanes) is 2. The number of ether oxygens (including phenoxy) is 1. The summed E-state index contributed by atoms with van der Waals surface area (Å²) in [5.74, 6) is -1.46. The summed E-state index contributed by atoms with van der Waals surface area (Å²) >= 11 is 0. The molecule has 35 heavy (non-hydrogen) atoms. The van der Waals surface area contributed by atoms with Gasteiger partial charge in [0.25, 0.3) is 11.8 Å². The van der Waals surface area contributed by atoms with E-state index in [9.17, 15) is 19.2 Å². The third-order valence-electron chi connectivity index (χ3n) is 7.98. The van der Waals surface area contributed by atoms with Crippen LogP contribution in [0.25, 0.3) is 0 Å². The van der Waals surface area contributed by atoms with E-state index >= 15 is 0 Å². The number of amides is 4. The molecule has 0 radical (unpaired) electrons. The standard InChI is InChI=1S/C26H34N4O5/c1-28(2)17-13-26(14-17)15-29(16-26)10-4-3-5-11-35-18-6-7-19-20(12-18)25(34)30(24(19)33)21-8-9-22(31)27-23(21)32/h6-7,12,17,21H,3-5,8-11,13-16H2,1-2H3,(H,27,31,32). The van der Waals surface area contributed by atoms with Gasteiger partial charge in [-0.05, 0) is 82.8 Å². The van der Waals surface area contributed by atoms with E-state index in [1.54, 1.807) is 18.2 Å². The first kappa shape index (κ1) is 23.9. The van der Waals surface area contributed by atoms with Gasteiger partial charge >= 0.3 is 0 Å².